The van der Waals surface area contributed by atoms with E-state index < -0.39 is 0 Å². The molecule has 1 aliphatic carbocycles. The third-order valence-corrected chi connectivity index (χ3v) is 4.44. The van der Waals surface area contributed by atoms with Crippen molar-refractivity contribution in [3.8, 4) is 0 Å². The Hall–Kier alpha value is -1.75. The van der Waals surface area contributed by atoms with E-state index in [-0.39, 0.29) is 5.91 Å². The summed E-state index contributed by atoms with van der Waals surface area (Å²) in [6.45, 7) is 0. The Kier molecular flexibility index (Phi) is 4.06. The number of aromatic nitrogens is 2. The Morgan fingerprint density at radius 1 is 1.25 bits per heavy atom. The third-order valence-electron chi connectivity index (χ3n) is 3.66. The number of carbonyl (C=O) groups is 1. The van der Waals surface area contributed by atoms with Crippen molar-refractivity contribution in [2.75, 3.05) is 5.32 Å². The first kappa shape index (κ1) is 13.2. The quantitative estimate of drug-likeness (QED) is 0.933. The number of amides is 1. The fourth-order valence-electron chi connectivity index (χ4n) is 2.59. The number of anilines is 1. The second-order valence-electron chi connectivity index (χ2n) is 5.08. The van der Waals surface area contributed by atoms with Crippen LogP contribution in [0.4, 0.5) is 5.13 Å². The topological polar surface area (TPSA) is 54.9 Å². The molecule has 2 heterocycles. The van der Waals surface area contributed by atoms with Gasteiger partial charge in [-0.05, 0) is 25.0 Å². The van der Waals surface area contributed by atoms with E-state index in [1.54, 1.807) is 24.4 Å². The van der Waals surface area contributed by atoms with Gasteiger partial charge in [0.15, 0.2) is 5.13 Å². The van der Waals surface area contributed by atoms with Crippen LogP contribution in [0.1, 0.15) is 54.2 Å². The number of thiazole rings is 1. The van der Waals surface area contributed by atoms with E-state index in [0.717, 1.165) is 5.69 Å². The molecule has 1 saturated carbocycles. The number of nitrogens with zero attached hydrogens (tertiary/aromatic N) is 2. The summed E-state index contributed by atoms with van der Waals surface area (Å²) in [5.74, 6) is 0.371. The summed E-state index contributed by atoms with van der Waals surface area (Å²) in [6, 6.07) is 5.30. The smallest absolute Gasteiger partial charge is 0.276 e. The lowest BCUT2D eigenvalue weighted by Crippen LogP contribution is -2.13. The molecule has 1 N–H and O–H groups in total. The highest BCUT2D eigenvalue weighted by molar-refractivity contribution is 7.14. The SMILES string of the molecule is O=C(Nc1nc(C2CCCCC2)cs1)c1ccccn1. The lowest BCUT2D eigenvalue weighted by atomic mass is 9.87. The van der Waals surface area contributed by atoms with Crippen LogP contribution in [0.2, 0.25) is 0 Å². The van der Waals surface area contributed by atoms with Crippen LogP contribution in [0.15, 0.2) is 29.8 Å². The number of hydrogen-bond acceptors (Lipinski definition) is 4. The van der Waals surface area contributed by atoms with Gasteiger partial charge in [0.2, 0.25) is 0 Å². The molecule has 2 aromatic rings. The van der Waals surface area contributed by atoms with Crippen molar-refractivity contribution in [2.24, 2.45) is 0 Å². The molecule has 0 bridgehead atoms. The monoisotopic (exact) mass is 287 g/mol. The van der Waals surface area contributed by atoms with Crippen LogP contribution in [0.3, 0.4) is 0 Å². The predicted molar refractivity (Wildman–Crippen MR) is 80.1 cm³/mol. The van der Waals surface area contributed by atoms with Crippen LogP contribution in [-0.4, -0.2) is 15.9 Å². The second kappa shape index (κ2) is 6.13. The Balaban J connectivity index is 1.66. The van der Waals surface area contributed by atoms with Crippen LogP contribution in [0, 0.1) is 0 Å². The zero-order valence-corrected chi connectivity index (χ0v) is 12.0. The second-order valence-corrected chi connectivity index (χ2v) is 5.94. The standard InChI is InChI=1S/C15H17N3OS/c19-14(12-8-4-5-9-16-12)18-15-17-13(10-20-15)11-6-2-1-3-7-11/h4-5,8-11H,1-3,6-7H2,(H,17,18,19). The largest absolute Gasteiger partial charge is 0.296 e. The fraction of sp³-hybridized carbons (Fsp3) is 0.400. The maximum atomic E-state index is 12.0. The van der Waals surface area contributed by atoms with Crippen LogP contribution in [-0.2, 0) is 0 Å². The van der Waals surface area contributed by atoms with Gasteiger partial charge >= 0.3 is 0 Å². The summed E-state index contributed by atoms with van der Waals surface area (Å²) in [5.41, 5.74) is 1.55. The summed E-state index contributed by atoms with van der Waals surface area (Å²) in [7, 11) is 0. The van der Waals surface area contributed by atoms with Gasteiger partial charge < -0.3 is 0 Å². The van der Waals surface area contributed by atoms with Crippen molar-refractivity contribution in [2.45, 2.75) is 38.0 Å². The third kappa shape index (κ3) is 3.04. The van der Waals surface area contributed by atoms with Crippen LogP contribution >= 0.6 is 11.3 Å². The van der Waals surface area contributed by atoms with E-state index >= 15 is 0 Å². The van der Waals surface area contributed by atoms with Gasteiger partial charge in [0, 0.05) is 17.5 Å². The van der Waals surface area contributed by atoms with Gasteiger partial charge in [0.1, 0.15) is 5.69 Å². The molecule has 1 amide bonds. The average Bonchev–Trinajstić information content (AvgIpc) is 2.97. The van der Waals surface area contributed by atoms with Crippen molar-refractivity contribution in [1.82, 2.24) is 9.97 Å². The maximum Gasteiger partial charge on any atom is 0.276 e. The van der Waals surface area contributed by atoms with E-state index in [0.29, 0.717) is 16.7 Å². The van der Waals surface area contributed by atoms with Gasteiger partial charge in [0.05, 0.1) is 5.69 Å². The molecule has 0 spiro atoms. The lowest BCUT2D eigenvalue weighted by molar-refractivity contribution is 0.102. The molecule has 0 aromatic carbocycles. The first-order valence-corrected chi connectivity index (χ1v) is 7.89. The van der Waals surface area contributed by atoms with E-state index in [9.17, 15) is 4.79 Å². The highest BCUT2D eigenvalue weighted by Gasteiger charge is 2.19. The molecule has 104 valence electrons. The first-order valence-electron chi connectivity index (χ1n) is 7.01. The molecule has 4 nitrogen and oxygen atoms in total. The highest BCUT2D eigenvalue weighted by atomic mass is 32.1. The number of rotatable bonds is 3. The first-order chi connectivity index (χ1) is 9.83. The van der Waals surface area contributed by atoms with Crippen molar-refractivity contribution in [3.05, 3.63) is 41.2 Å². The average molecular weight is 287 g/mol. The van der Waals surface area contributed by atoms with E-state index in [4.69, 9.17) is 0 Å². The summed E-state index contributed by atoms with van der Waals surface area (Å²) < 4.78 is 0. The Labute approximate surface area is 122 Å². The van der Waals surface area contributed by atoms with Gasteiger partial charge in [-0.15, -0.1) is 11.3 Å². The molecule has 5 heteroatoms. The highest BCUT2D eigenvalue weighted by Crippen LogP contribution is 2.34. The molecule has 20 heavy (non-hydrogen) atoms. The van der Waals surface area contributed by atoms with E-state index in [1.807, 2.05) is 0 Å². The van der Waals surface area contributed by atoms with Crippen LogP contribution < -0.4 is 5.32 Å². The number of hydrogen-bond donors (Lipinski definition) is 1. The predicted octanol–water partition coefficient (Wildman–Crippen LogP) is 3.84. The van der Waals surface area contributed by atoms with Gasteiger partial charge in [-0.1, -0.05) is 25.3 Å². The van der Waals surface area contributed by atoms with Gasteiger partial charge in [-0.2, -0.15) is 0 Å². The minimum Gasteiger partial charge on any atom is -0.296 e. The molecular weight excluding hydrogens is 270 g/mol. The summed E-state index contributed by atoms with van der Waals surface area (Å²) >= 11 is 1.50. The molecule has 0 saturated heterocycles. The minimum atomic E-state index is -0.199. The molecule has 1 aliphatic rings. The summed E-state index contributed by atoms with van der Waals surface area (Å²) in [5, 5.41) is 5.56. The summed E-state index contributed by atoms with van der Waals surface area (Å²) in [6.07, 6.45) is 7.97. The number of nitrogens with one attached hydrogen (secondary N) is 1. The zero-order chi connectivity index (χ0) is 13.8. The molecule has 2 aromatic heterocycles. The molecule has 3 rings (SSSR count). The normalized spacial score (nSPS) is 16.0. The molecule has 0 radical (unpaired) electrons. The van der Waals surface area contributed by atoms with Crippen molar-refractivity contribution in [1.29, 1.82) is 0 Å². The van der Waals surface area contributed by atoms with Crippen molar-refractivity contribution >= 4 is 22.4 Å². The molecule has 0 aliphatic heterocycles. The van der Waals surface area contributed by atoms with Gasteiger partial charge in [-0.25, -0.2) is 4.98 Å². The van der Waals surface area contributed by atoms with Crippen molar-refractivity contribution < 1.29 is 4.79 Å². The molecular formula is C15H17N3OS. The fourth-order valence-corrected chi connectivity index (χ4v) is 3.37. The Morgan fingerprint density at radius 3 is 2.85 bits per heavy atom. The molecule has 0 atom stereocenters. The molecule has 0 unspecified atom stereocenters. The van der Waals surface area contributed by atoms with E-state index in [1.165, 1.54) is 43.4 Å². The zero-order valence-electron chi connectivity index (χ0n) is 11.2. The van der Waals surface area contributed by atoms with Crippen LogP contribution in [0.25, 0.3) is 0 Å². The minimum absolute atomic E-state index is 0.199. The number of pyridine rings is 1. The van der Waals surface area contributed by atoms with E-state index in [2.05, 4.69) is 20.7 Å². The maximum absolute atomic E-state index is 12.0. The van der Waals surface area contributed by atoms with Gasteiger partial charge in [0.25, 0.3) is 5.91 Å². The van der Waals surface area contributed by atoms with Crippen molar-refractivity contribution in [3.63, 3.8) is 0 Å². The summed E-state index contributed by atoms with van der Waals surface area (Å²) in [4.78, 5) is 20.6. The number of carbonyl (C=O) groups excluding carboxylic acids is 1. The Bertz CT molecular complexity index is 576. The van der Waals surface area contributed by atoms with Gasteiger partial charge in [-0.3, -0.25) is 15.1 Å². The van der Waals surface area contributed by atoms with Crippen LogP contribution in [0.5, 0.6) is 0 Å². The lowest BCUT2D eigenvalue weighted by Gasteiger charge is -2.19. The molecule has 1 fully saturated rings. The Morgan fingerprint density at radius 2 is 2.10 bits per heavy atom.